The van der Waals surface area contributed by atoms with Gasteiger partial charge in [-0.1, -0.05) is 15.9 Å². The third-order valence-corrected chi connectivity index (χ3v) is 3.67. The summed E-state index contributed by atoms with van der Waals surface area (Å²) in [5.41, 5.74) is 0.342. The highest BCUT2D eigenvalue weighted by Crippen LogP contribution is 2.24. The number of carbonyl (C=O) groups excluding carboxylic acids is 1. The van der Waals surface area contributed by atoms with Gasteiger partial charge in [0.15, 0.2) is 0 Å². The van der Waals surface area contributed by atoms with Crippen LogP contribution in [0.25, 0.3) is 10.9 Å². The fraction of sp³-hybridized carbons (Fsp3) is 0.308. The van der Waals surface area contributed by atoms with Crippen molar-refractivity contribution in [3.8, 4) is 0 Å². The average molecular weight is 403 g/mol. The van der Waals surface area contributed by atoms with E-state index < -0.39 is 0 Å². The monoisotopic (exact) mass is 401 g/mol. The number of hydrogen-bond acceptors (Lipinski definition) is 3. The lowest BCUT2D eigenvalue weighted by Crippen LogP contribution is -2.36. The largest absolute Gasteiger partial charge is 0.352 e. The van der Waals surface area contributed by atoms with Crippen molar-refractivity contribution in [1.29, 1.82) is 0 Å². The van der Waals surface area contributed by atoms with Crippen molar-refractivity contribution in [3.63, 3.8) is 0 Å². The molecule has 0 bridgehead atoms. The summed E-state index contributed by atoms with van der Waals surface area (Å²) in [6.45, 7) is 3.70. The number of hydrogen-bond donors (Lipinski definition) is 1. The molecule has 0 saturated heterocycles. The molecular weight excluding hydrogens is 390 g/mol. The zero-order valence-electron chi connectivity index (χ0n) is 11.0. The van der Waals surface area contributed by atoms with Crippen LogP contribution in [0, 0.1) is 0 Å². The summed E-state index contributed by atoms with van der Waals surface area (Å²) >= 11 is 6.71. The second-order valence-electron chi connectivity index (χ2n) is 4.68. The van der Waals surface area contributed by atoms with Crippen LogP contribution in [0.3, 0.4) is 0 Å². The van der Waals surface area contributed by atoms with Gasteiger partial charge in [0.2, 0.25) is 5.91 Å². The topological polar surface area (TPSA) is 64.0 Å². The summed E-state index contributed by atoms with van der Waals surface area (Å²) in [5.74, 6) is -0.211. The van der Waals surface area contributed by atoms with Crippen LogP contribution >= 0.6 is 31.9 Å². The number of aromatic nitrogens is 2. The highest BCUT2D eigenvalue weighted by atomic mass is 79.9. The predicted octanol–water partition coefficient (Wildman–Crippen LogP) is 2.45. The van der Waals surface area contributed by atoms with Crippen LogP contribution in [0.1, 0.15) is 13.8 Å². The van der Waals surface area contributed by atoms with E-state index in [1.54, 1.807) is 6.07 Å². The number of carbonyl (C=O) groups is 1. The maximum Gasteiger partial charge on any atom is 0.261 e. The van der Waals surface area contributed by atoms with E-state index >= 15 is 0 Å². The van der Waals surface area contributed by atoms with Crippen molar-refractivity contribution in [3.05, 3.63) is 37.8 Å². The second kappa shape index (κ2) is 6.05. The molecule has 0 atom stereocenters. The van der Waals surface area contributed by atoms with Gasteiger partial charge in [0.25, 0.3) is 5.56 Å². The summed E-state index contributed by atoms with van der Waals surface area (Å²) in [7, 11) is 0. The first-order chi connectivity index (χ1) is 9.38. The Balaban J connectivity index is 2.44. The summed E-state index contributed by atoms with van der Waals surface area (Å²) in [6, 6.07) is 3.56. The van der Waals surface area contributed by atoms with E-state index in [9.17, 15) is 9.59 Å². The van der Waals surface area contributed by atoms with E-state index in [2.05, 4.69) is 42.2 Å². The first kappa shape index (κ1) is 15.2. The lowest BCUT2D eigenvalue weighted by Gasteiger charge is -2.10. The molecule has 0 radical (unpaired) electrons. The highest BCUT2D eigenvalue weighted by Gasteiger charge is 2.11. The molecule has 0 saturated carbocycles. The van der Waals surface area contributed by atoms with Crippen LogP contribution in [-0.2, 0) is 11.3 Å². The van der Waals surface area contributed by atoms with E-state index in [1.165, 1.54) is 10.9 Å². The van der Waals surface area contributed by atoms with Crippen molar-refractivity contribution in [2.45, 2.75) is 26.4 Å². The molecule has 0 unspecified atom stereocenters. The number of fused-ring (bicyclic) bond motifs is 1. The molecule has 5 nitrogen and oxygen atoms in total. The minimum Gasteiger partial charge on any atom is -0.352 e. The number of rotatable bonds is 3. The number of nitrogens with zero attached hydrogens (tertiary/aromatic N) is 2. The molecule has 0 fully saturated rings. The SMILES string of the molecule is CC(C)NC(=O)Cn1cnc2c(Br)cc(Br)cc2c1=O. The fourth-order valence-corrected chi connectivity index (χ4v) is 3.16. The average Bonchev–Trinajstić information content (AvgIpc) is 2.32. The third-order valence-electron chi connectivity index (χ3n) is 2.61. The predicted molar refractivity (Wildman–Crippen MR) is 84.7 cm³/mol. The Morgan fingerprint density at radius 2 is 2.10 bits per heavy atom. The third kappa shape index (κ3) is 3.27. The molecule has 0 aliphatic heterocycles. The van der Waals surface area contributed by atoms with Crippen LogP contribution in [-0.4, -0.2) is 21.5 Å². The quantitative estimate of drug-likeness (QED) is 0.857. The molecule has 7 heteroatoms. The first-order valence-electron chi connectivity index (χ1n) is 6.02. The van der Waals surface area contributed by atoms with E-state index in [1.807, 2.05) is 19.9 Å². The lowest BCUT2D eigenvalue weighted by molar-refractivity contribution is -0.122. The van der Waals surface area contributed by atoms with Gasteiger partial charge in [0.05, 0.1) is 17.2 Å². The zero-order chi connectivity index (χ0) is 14.9. The number of benzene rings is 1. The maximum absolute atomic E-state index is 12.4. The van der Waals surface area contributed by atoms with Gasteiger partial charge in [0, 0.05) is 15.0 Å². The van der Waals surface area contributed by atoms with Gasteiger partial charge in [-0.2, -0.15) is 0 Å². The molecule has 2 rings (SSSR count). The van der Waals surface area contributed by atoms with E-state index in [-0.39, 0.29) is 24.1 Å². The summed E-state index contributed by atoms with van der Waals surface area (Å²) in [4.78, 5) is 28.3. The Labute approximate surface area is 132 Å². The van der Waals surface area contributed by atoms with Crippen LogP contribution < -0.4 is 10.9 Å². The molecule has 1 aromatic carbocycles. The molecule has 0 aliphatic rings. The van der Waals surface area contributed by atoms with Crippen LogP contribution in [0.15, 0.2) is 32.2 Å². The zero-order valence-corrected chi connectivity index (χ0v) is 14.2. The summed E-state index contributed by atoms with van der Waals surface area (Å²) in [5, 5.41) is 3.21. The molecular formula is C13H13Br2N3O2. The number of halogens is 2. The van der Waals surface area contributed by atoms with Crippen LogP contribution in [0.4, 0.5) is 0 Å². The number of amides is 1. The molecule has 0 aliphatic carbocycles. The maximum atomic E-state index is 12.4. The van der Waals surface area contributed by atoms with Crippen LogP contribution in [0.5, 0.6) is 0 Å². The molecule has 1 amide bonds. The van der Waals surface area contributed by atoms with Gasteiger partial charge in [-0.15, -0.1) is 0 Å². The van der Waals surface area contributed by atoms with Crippen molar-refractivity contribution < 1.29 is 4.79 Å². The lowest BCUT2D eigenvalue weighted by atomic mass is 10.2. The van der Waals surface area contributed by atoms with Gasteiger partial charge in [-0.05, 0) is 41.9 Å². The fourth-order valence-electron chi connectivity index (χ4n) is 1.83. The van der Waals surface area contributed by atoms with Crippen molar-refractivity contribution in [2.75, 3.05) is 0 Å². The molecule has 1 aromatic heterocycles. The molecule has 1 N–H and O–H groups in total. The normalized spacial score (nSPS) is 11.1. The molecule has 1 heterocycles. The molecule has 2 aromatic rings. The van der Waals surface area contributed by atoms with Gasteiger partial charge in [-0.3, -0.25) is 14.2 Å². The Bertz CT molecular complexity index is 725. The minimum absolute atomic E-state index is 0.0370. The Morgan fingerprint density at radius 1 is 1.40 bits per heavy atom. The number of nitrogens with one attached hydrogen (secondary N) is 1. The standard InChI is InChI=1S/C13H13Br2N3O2/c1-7(2)17-11(19)5-18-6-16-12-9(13(18)20)3-8(14)4-10(12)15/h3-4,6-7H,5H2,1-2H3,(H,17,19). The van der Waals surface area contributed by atoms with Gasteiger partial charge >= 0.3 is 0 Å². The molecule has 20 heavy (non-hydrogen) atoms. The molecule has 0 spiro atoms. The van der Waals surface area contributed by atoms with E-state index in [0.717, 1.165) is 8.95 Å². The molecule has 106 valence electrons. The smallest absolute Gasteiger partial charge is 0.261 e. The minimum atomic E-state index is -0.240. The second-order valence-corrected chi connectivity index (χ2v) is 6.45. The van der Waals surface area contributed by atoms with E-state index in [4.69, 9.17) is 0 Å². The van der Waals surface area contributed by atoms with Crippen LogP contribution in [0.2, 0.25) is 0 Å². The van der Waals surface area contributed by atoms with Crippen molar-refractivity contribution in [1.82, 2.24) is 14.9 Å². The Hall–Kier alpha value is -1.21. The van der Waals surface area contributed by atoms with Crippen molar-refractivity contribution in [2.24, 2.45) is 0 Å². The van der Waals surface area contributed by atoms with Gasteiger partial charge in [-0.25, -0.2) is 4.98 Å². The van der Waals surface area contributed by atoms with E-state index in [0.29, 0.717) is 10.9 Å². The van der Waals surface area contributed by atoms with Gasteiger partial charge in [0.1, 0.15) is 6.54 Å². The first-order valence-corrected chi connectivity index (χ1v) is 7.60. The van der Waals surface area contributed by atoms with Crippen molar-refractivity contribution >= 4 is 48.7 Å². The Kier molecular flexibility index (Phi) is 4.59. The van der Waals surface area contributed by atoms with Gasteiger partial charge < -0.3 is 5.32 Å². The summed E-state index contributed by atoms with van der Waals surface area (Å²) in [6.07, 6.45) is 1.39. The highest BCUT2D eigenvalue weighted by molar-refractivity contribution is 9.11. The Morgan fingerprint density at radius 3 is 2.75 bits per heavy atom. The summed E-state index contributed by atoms with van der Waals surface area (Å²) < 4.78 is 2.82.